The van der Waals surface area contributed by atoms with Crippen LogP contribution in [0.1, 0.15) is 40.0 Å². The highest BCUT2D eigenvalue weighted by atomic mass is 16.5. The van der Waals surface area contributed by atoms with Crippen LogP contribution < -0.4 is 5.32 Å². The van der Waals surface area contributed by atoms with Gasteiger partial charge in [-0.05, 0) is 38.6 Å². The molecule has 0 bridgehead atoms. The molecule has 0 aromatic heterocycles. The minimum atomic E-state index is 0.280. The van der Waals surface area contributed by atoms with Crippen LogP contribution in [0.5, 0.6) is 0 Å². The molecule has 0 spiro atoms. The van der Waals surface area contributed by atoms with Gasteiger partial charge in [0.25, 0.3) is 0 Å². The fourth-order valence-electron chi connectivity index (χ4n) is 2.60. The van der Waals surface area contributed by atoms with Crippen LogP contribution in [0.2, 0.25) is 0 Å². The SMILES string of the molecule is COC(C)CC1(CNCC(C)C)CCCOC1. The molecule has 0 radical (unpaired) electrons. The first-order valence-corrected chi connectivity index (χ1v) is 6.89. The van der Waals surface area contributed by atoms with Gasteiger partial charge in [-0.1, -0.05) is 13.8 Å². The summed E-state index contributed by atoms with van der Waals surface area (Å²) in [6.07, 6.45) is 3.85. The molecule has 0 saturated carbocycles. The van der Waals surface area contributed by atoms with Crippen molar-refractivity contribution in [2.75, 3.05) is 33.4 Å². The zero-order valence-corrected chi connectivity index (χ0v) is 11.9. The lowest BCUT2D eigenvalue weighted by Crippen LogP contribution is -2.44. The predicted molar refractivity (Wildman–Crippen MR) is 71.3 cm³/mol. The van der Waals surface area contributed by atoms with Crippen LogP contribution in [-0.4, -0.2) is 39.5 Å². The molecule has 1 aliphatic heterocycles. The number of hydrogen-bond acceptors (Lipinski definition) is 3. The summed E-state index contributed by atoms with van der Waals surface area (Å²) in [5.74, 6) is 0.705. The van der Waals surface area contributed by atoms with E-state index in [1.807, 2.05) is 0 Å². The maximum Gasteiger partial charge on any atom is 0.0549 e. The molecule has 0 amide bonds. The minimum Gasteiger partial charge on any atom is -0.382 e. The third-order valence-corrected chi connectivity index (χ3v) is 3.58. The Kier molecular flexibility index (Phi) is 6.45. The average Bonchev–Trinajstić information content (AvgIpc) is 2.29. The first-order valence-electron chi connectivity index (χ1n) is 6.89. The Morgan fingerprint density at radius 2 is 2.12 bits per heavy atom. The van der Waals surface area contributed by atoms with Crippen molar-refractivity contribution in [1.29, 1.82) is 0 Å². The van der Waals surface area contributed by atoms with E-state index in [1.165, 1.54) is 12.8 Å². The highest BCUT2D eigenvalue weighted by Gasteiger charge is 2.34. The average molecular weight is 243 g/mol. The van der Waals surface area contributed by atoms with E-state index in [-0.39, 0.29) is 5.41 Å². The summed E-state index contributed by atoms with van der Waals surface area (Å²) in [7, 11) is 1.80. The van der Waals surface area contributed by atoms with Crippen LogP contribution in [0.4, 0.5) is 0 Å². The largest absolute Gasteiger partial charge is 0.382 e. The molecule has 2 unspecified atom stereocenters. The fraction of sp³-hybridized carbons (Fsp3) is 1.00. The zero-order chi connectivity index (χ0) is 12.7. The van der Waals surface area contributed by atoms with Crippen LogP contribution in [-0.2, 0) is 9.47 Å². The predicted octanol–water partition coefficient (Wildman–Crippen LogP) is 2.45. The molecule has 0 aromatic carbocycles. The lowest BCUT2D eigenvalue weighted by atomic mass is 9.77. The molecule has 1 fully saturated rings. The summed E-state index contributed by atoms with van der Waals surface area (Å²) >= 11 is 0. The standard InChI is InChI=1S/C14H29NO2/c1-12(2)9-15-10-14(8-13(3)16-4)6-5-7-17-11-14/h12-13,15H,5-11H2,1-4H3. The Morgan fingerprint density at radius 1 is 1.35 bits per heavy atom. The van der Waals surface area contributed by atoms with Crippen LogP contribution in [0, 0.1) is 11.3 Å². The van der Waals surface area contributed by atoms with Crippen molar-refractivity contribution in [3.05, 3.63) is 0 Å². The Balaban J connectivity index is 2.46. The smallest absolute Gasteiger partial charge is 0.0549 e. The summed E-state index contributed by atoms with van der Waals surface area (Å²) in [5, 5.41) is 3.59. The van der Waals surface area contributed by atoms with E-state index >= 15 is 0 Å². The zero-order valence-electron chi connectivity index (χ0n) is 11.9. The maximum atomic E-state index is 5.69. The molecule has 3 nitrogen and oxygen atoms in total. The Bertz CT molecular complexity index is 200. The van der Waals surface area contributed by atoms with Gasteiger partial charge >= 0.3 is 0 Å². The van der Waals surface area contributed by atoms with Gasteiger partial charge in [0.05, 0.1) is 12.7 Å². The van der Waals surface area contributed by atoms with E-state index in [0.717, 1.165) is 32.7 Å². The third-order valence-electron chi connectivity index (χ3n) is 3.58. The molecule has 1 N–H and O–H groups in total. The van der Waals surface area contributed by atoms with Gasteiger partial charge in [-0.3, -0.25) is 0 Å². The van der Waals surface area contributed by atoms with Crippen LogP contribution in [0.15, 0.2) is 0 Å². The van der Waals surface area contributed by atoms with E-state index in [0.29, 0.717) is 12.0 Å². The van der Waals surface area contributed by atoms with Crippen molar-refractivity contribution in [3.63, 3.8) is 0 Å². The van der Waals surface area contributed by atoms with E-state index in [2.05, 4.69) is 26.1 Å². The Morgan fingerprint density at radius 3 is 2.65 bits per heavy atom. The molecule has 1 aliphatic rings. The molecule has 1 saturated heterocycles. The van der Waals surface area contributed by atoms with Gasteiger partial charge in [-0.15, -0.1) is 0 Å². The summed E-state index contributed by atoms with van der Waals surface area (Å²) in [5.41, 5.74) is 0.280. The molecule has 1 heterocycles. The Hall–Kier alpha value is -0.120. The van der Waals surface area contributed by atoms with E-state index in [9.17, 15) is 0 Å². The van der Waals surface area contributed by atoms with Gasteiger partial charge in [0.1, 0.15) is 0 Å². The second-order valence-electron chi connectivity index (χ2n) is 5.93. The molecule has 102 valence electrons. The summed E-state index contributed by atoms with van der Waals surface area (Å²) in [6.45, 7) is 10.6. The second-order valence-corrected chi connectivity index (χ2v) is 5.93. The van der Waals surface area contributed by atoms with Crippen LogP contribution in [0.3, 0.4) is 0 Å². The van der Waals surface area contributed by atoms with E-state index < -0.39 is 0 Å². The van der Waals surface area contributed by atoms with Gasteiger partial charge in [0.2, 0.25) is 0 Å². The molecule has 0 aromatic rings. The van der Waals surface area contributed by atoms with Crippen LogP contribution in [0.25, 0.3) is 0 Å². The molecule has 0 aliphatic carbocycles. The highest BCUT2D eigenvalue weighted by molar-refractivity contribution is 4.86. The van der Waals surface area contributed by atoms with E-state index in [4.69, 9.17) is 9.47 Å². The quantitative estimate of drug-likeness (QED) is 0.745. The van der Waals surface area contributed by atoms with Crippen LogP contribution >= 0.6 is 0 Å². The maximum absolute atomic E-state index is 5.69. The van der Waals surface area contributed by atoms with Crippen molar-refractivity contribution in [2.24, 2.45) is 11.3 Å². The molecular formula is C14H29NO2. The van der Waals surface area contributed by atoms with Gasteiger partial charge in [0, 0.05) is 25.7 Å². The van der Waals surface area contributed by atoms with Gasteiger partial charge in [-0.25, -0.2) is 0 Å². The van der Waals surface area contributed by atoms with Gasteiger partial charge in [0.15, 0.2) is 0 Å². The number of nitrogens with one attached hydrogen (secondary N) is 1. The minimum absolute atomic E-state index is 0.280. The van der Waals surface area contributed by atoms with Crippen molar-refractivity contribution in [2.45, 2.75) is 46.1 Å². The highest BCUT2D eigenvalue weighted by Crippen LogP contribution is 2.33. The molecule has 17 heavy (non-hydrogen) atoms. The number of ether oxygens (including phenoxy) is 2. The van der Waals surface area contributed by atoms with Crippen molar-refractivity contribution >= 4 is 0 Å². The number of methoxy groups -OCH3 is 1. The first kappa shape index (κ1) is 14.9. The second kappa shape index (κ2) is 7.34. The van der Waals surface area contributed by atoms with Crippen molar-refractivity contribution in [3.8, 4) is 0 Å². The third kappa shape index (κ3) is 5.36. The first-order chi connectivity index (χ1) is 8.08. The molecular weight excluding hydrogens is 214 g/mol. The lowest BCUT2D eigenvalue weighted by Gasteiger charge is -2.39. The normalized spacial score (nSPS) is 27.4. The fourth-order valence-corrected chi connectivity index (χ4v) is 2.60. The number of hydrogen-bond donors (Lipinski definition) is 1. The number of rotatable bonds is 7. The van der Waals surface area contributed by atoms with Gasteiger partial charge < -0.3 is 14.8 Å². The molecule has 2 atom stereocenters. The Labute approximate surface area is 106 Å². The van der Waals surface area contributed by atoms with Crippen molar-refractivity contribution in [1.82, 2.24) is 5.32 Å². The molecule has 3 heteroatoms. The molecule has 1 rings (SSSR count). The summed E-state index contributed by atoms with van der Waals surface area (Å²) in [6, 6.07) is 0. The summed E-state index contributed by atoms with van der Waals surface area (Å²) in [4.78, 5) is 0. The summed E-state index contributed by atoms with van der Waals surface area (Å²) < 4.78 is 11.1. The van der Waals surface area contributed by atoms with Gasteiger partial charge in [-0.2, -0.15) is 0 Å². The monoisotopic (exact) mass is 243 g/mol. The topological polar surface area (TPSA) is 30.5 Å². The van der Waals surface area contributed by atoms with Crippen molar-refractivity contribution < 1.29 is 9.47 Å². The lowest BCUT2D eigenvalue weighted by molar-refractivity contribution is -0.0389. The van der Waals surface area contributed by atoms with E-state index in [1.54, 1.807) is 7.11 Å².